The molecule has 0 atom stereocenters. The Morgan fingerprint density at radius 1 is 1.56 bits per heavy atom. The van der Waals surface area contributed by atoms with Crippen LogP contribution in [0.5, 0.6) is 0 Å². The Bertz CT molecular complexity index is 417. The molecule has 0 spiro atoms. The van der Waals surface area contributed by atoms with Gasteiger partial charge in [0, 0.05) is 11.9 Å². The molecular weight excluding hydrogens is 212 g/mol. The summed E-state index contributed by atoms with van der Waals surface area (Å²) in [5.74, 6) is -1.73. The van der Waals surface area contributed by atoms with Crippen LogP contribution in [0.1, 0.15) is 23.0 Å². The van der Waals surface area contributed by atoms with Crippen LogP contribution >= 0.6 is 0 Å². The average molecular weight is 224 g/mol. The topological polar surface area (TPSA) is 103 Å². The number of aromatic nitrogens is 1. The van der Waals surface area contributed by atoms with E-state index in [1.165, 1.54) is 12.3 Å². The number of nitrogens with two attached hydrogens (primary N) is 1. The fourth-order valence-corrected chi connectivity index (χ4v) is 1.25. The van der Waals surface area contributed by atoms with Crippen molar-refractivity contribution in [3.63, 3.8) is 0 Å². The summed E-state index contributed by atoms with van der Waals surface area (Å²) < 4.78 is 4.71. The van der Waals surface area contributed by atoms with Crippen LogP contribution in [-0.2, 0) is 16.0 Å². The number of anilines is 1. The molecule has 3 N–H and O–H groups in total. The summed E-state index contributed by atoms with van der Waals surface area (Å²) >= 11 is 0. The van der Waals surface area contributed by atoms with Gasteiger partial charge in [0.05, 0.1) is 18.7 Å². The lowest BCUT2D eigenvalue weighted by Gasteiger charge is -2.06. The summed E-state index contributed by atoms with van der Waals surface area (Å²) in [6.07, 6.45) is 1.16. The standard InChI is InChI=1S/C10H12N2O4/c1-2-16-8(13)5-7-9(10(14)15)6(11)3-4-12-7/h3-4H,2,5H2,1H3,(H2,11,12)(H,14,15). The monoisotopic (exact) mass is 224 g/mol. The summed E-state index contributed by atoms with van der Waals surface area (Å²) in [4.78, 5) is 25.9. The minimum Gasteiger partial charge on any atom is -0.478 e. The van der Waals surface area contributed by atoms with Gasteiger partial charge < -0.3 is 15.6 Å². The lowest BCUT2D eigenvalue weighted by molar-refractivity contribution is -0.142. The fourth-order valence-electron chi connectivity index (χ4n) is 1.25. The maximum Gasteiger partial charge on any atom is 0.339 e. The Kier molecular flexibility index (Phi) is 3.82. The summed E-state index contributed by atoms with van der Waals surface area (Å²) in [6.45, 7) is 1.91. The number of carboxylic acid groups (broad SMARTS) is 1. The van der Waals surface area contributed by atoms with E-state index in [1.54, 1.807) is 6.92 Å². The Morgan fingerprint density at radius 2 is 2.25 bits per heavy atom. The molecule has 86 valence electrons. The van der Waals surface area contributed by atoms with Gasteiger partial charge in [-0.3, -0.25) is 9.78 Å². The normalized spacial score (nSPS) is 9.81. The number of hydrogen-bond acceptors (Lipinski definition) is 5. The lowest BCUT2D eigenvalue weighted by Crippen LogP contribution is -2.14. The zero-order valence-corrected chi connectivity index (χ0v) is 8.77. The van der Waals surface area contributed by atoms with Gasteiger partial charge in [-0.15, -0.1) is 0 Å². The zero-order chi connectivity index (χ0) is 12.1. The number of carboxylic acids is 1. The average Bonchev–Trinajstić information content (AvgIpc) is 2.17. The van der Waals surface area contributed by atoms with Crippen LogP contribution in [0, 0.1) is 0 Å². The van der Waals surface area contributed by atoms with Crippen LogP contribution in [0.25, 0.3) is 0 Å². The number of pyridine rings is 1. The highest BCUT2D eigenvalue weighted by molar-refractivity contribution is 5.95. The van der Waals surface area contributed by atoms with E-state index in [1.807, 2.05) is 0 Å². The number of esters is 1. The van der Waals surface area contributed by atoms with Gasteiger partial charge in [-0.1, -0.05) is 0 Å². The number of aromatic carboxylic acids is 1. The lowest BCUT2D eigenvalue weighted by atomic mass is 10.1. The van der Waals surface area contributed by atoms with E-state index in [2.05, 4.69) is 4.98 Å². The van der Waals surface area contributed by atoms with Crippen molar-refractivity contribution in [3.8, 4) is 0 Å². The number of carbonyl (C=O) groups is 2. The molecule has 0 aliphatic carbocycles. The molecule has 0 saturated carbocycles. The van der Waals surface area contributed by atoms with E-state index < -0.39 is 11.9 Å². The number of nitrogens with zero attached hydrogens (tertiary/aromatic N) is 1. The van der Waals surface area contributed by atoms with Crippen molar-refractivity contribution >= 4 is 17.6 Å². The van der Waals surface area contributed by atoms with Crippen LogP contribution < -0.4 is 5.73 Å². The number of ether oxygens (including phenoxy) is 1. The maximum absolute atomic E-state index is 11.2. The summed E-state index contributed by atoms with van der Waals surface area (Å²) in [5, 5.41) is 8.92. The third-order valence-electron chi connectivity index (χ3n) is 1.89. The van der Waals surface area contributed by atoms with Gasteiger partial charge in [-0.25, -0.2) is 4.79 Å². The van der Waals surface area contributed by atoms with E-state index >= 15 is 0 Å². The van der Waals surface area contributed by atoms with Crippen LogP contribution in [-0.4, -0.2) is 28.6 Å². The van der Waals surface area contributed by atoms with Crippen LogP contribution in [0.2, 0.25) is 0 Å². The van der Waals surface area contributed by atoms with E-state index in [9.17, 15) is 9.59 Å². The predicted octanol–water partition coefficient (Wildman–Crippen LogP) is 0.468. The molecule has 0 aliphatic rings. The summed E-state index contributed by atoms with van der Waals surface area (Å²) in [7, 11) is 0. The van der Waals surface area contributed by atoms with Crippen molar-refractivity contribution in [2.75, 3.05) is 12.3 Å². The van der Waals surface area contributed by atoms with Crippen molar-refractivity contribution < 1.29 is 19.4 Å². The molecule has 0 amide bonds. The number of carbonyl (C=O) groups excluding carboxylic acids is 1. The summed E-state index contributed by atoms with van der Waals surface area (Å²) in [5.41, 5.74) is 5.56. The highest BCUT2D eigenvalue weighted by atomic mass is 16.5. The molecule has 1 aromatic heterocycles. The molecule has 0 saturated heterocycles. The largest absolute Gasteiger partial charge is 0.478 e. The molecule has 1 heterocycles. The third-order valence-corrected chi connectivity index (χ3v) is 1.89. The second-order valence-corrected chi connectivity index (χ2v) is 3.01. The minimum atomic E-state index is -1.20. The van der Waals surface area contributed by atoms with Gasteiger partial charge in [-0.05, 0) is 13.0 Å². The first kappa shape index (κ1) is 12.0. The highest BCUT2D eigenvalue weighted by Crippen LogP contribution is 2.15. The molecule has 0 unspecified atom stereocenters. The van der Waals surface area contributed by atoms with E-state index in [-0.39, 0.29) is 30.0 Å². The van der Waals surface area contributed by atoms with E-state index in [0.29, 0.717) is 0 Å². The van der Waals surface area contributed by atoms with Gasteiger partial charge in [0.15, 0.2) is 0 Å². The smallest absolute Gasteiger partial charge is 0.339 e. The van der Waals surface area contributed by atoms with E-state index in [4.69, 9.17) is 15.6 Å². The quantitative estimate of drug-likeness (QED) is 0.720. The van der Waals surface area contributed by atoms with Gasteiger partial charge in [0.25, 0.3) is 0 Å². The Labute approximate surface area is 92.0 Å². The van der Waals surface area contributed by atoms with Crippen molar-refractivity contribution in [1.29, 1.82) is 0 Å². The van der Waals surface area contributed by atoms with Gasteiger partial charge in [-0.2, -0.15) is 0 Å². The zero-order valence-electron chi connectivity index (χ0n) is 8.77. The molecule has 0 radical (unpaired) electrons. The molecular formula is C10H12N2O4. The Morgan fingerprint density at radius 3 is 2.81 bits per heavy atom. The second-order valence-electron chi connectivity index (χ2n) is 3.01. The first-order chi connectivity index (χ1) is 7.56. The Hall–Kier alpha value is -2.11. The van der Waals surface area contributed by atoms with Gasteiger partial charge >= 0.3 is 11.9 Å². The first-order valence-electron chi connectivity index (χ1n) is 4.68. The molecule has 1 rings (SSSR count). The van der Waals surface area contributed by atoms with Crippen molar-refractivity contribution in [2.24, 2.45) is 0 Å². The van der Waals surface area contributed by atoms with Crippen molar-refractivity contribution in [1.82, 2.24) is 4.98 Å². The van der Waals surface area contributed by atoms with Crippen LogP contribution in [0.3, 0.4) is 0 Å². The third kappa shape index (κ3) is 2.69. The SMILES string of the molecule is CCOC(=O)Cc1nccc(N)c1C(=O)O. The Balaban J connectivity index is 3.00. The van der Waals surface area contributed by atoms with Crippen molar-refractivity contribution in [3.05, 3.63) is 23.5 Å². The van der Waals surface area contributed by atoms with Gasteiger partial charge in [0.1, 0.15) is 5.56 Å². The molecule has 16 heavy (non-hydrogen) atoms. The fraction of sp³-hybridized carbons (Fsp3) is 0.300. The molecule has 6 heteroatoms. The van der Waals surface area contributed by atoms with Gasteiger partial charge in [0.2, 0.25) is 0 Å². The molecule has 0 aliphatic heterocycles. The molecule has 1 aromatic rings. The van der Waals surface area contributed by atoms with Crippen LogP contribution in [0.4, 0.5) is 5.69 Å². The molecule has 0 bridgehead atoms. The number of rotatable bonds is 4. The number of hydrogen-bond donors (Lipinski definition) is 2. The summed E-state index contributed by atoms with van der Waals surface area (Å²) in [6, 6.07) is 1.37. The number of nitrogen functional groups attached to an aromatic ring is 1. The molecule has 6 nitrogen and oxygen atoms in total. The molecule has 0 fully saturated rings. The molecule has 0 aromatic carbocycles. The maximum atomic E-state index is 11.2. The first-order valence-corrected chi connectivity index (χ1v) is 4.68. The second kappa shape index (κ2) is 5.11. The van der Waals surface area contributed by atoms with E-state index in [0.717, 1.165) is 0 Å². The highest BCUT2D eigenvalue weighted by Gasteiger charge is 2.17. The van der Waals surface area contributed by atoms with Crippen molar-refractivity contribution in [2.45, 2.75) is 13.3 Å². The minimum absolute atomic E-state index is 0.0850. The van der Waals surface area contributed by atoms with Crippen LogP contribution in [0.15, 0.2) is 12.3 Å². The predicted molar refractivity (Wildman–Crippen MR) is 55.9 cm³/mol.